The molecule has 142 valence electrons. The van der Waals surface area contributed by atoms with Crippen LogP contribution >= 0.6 is 11.6 Å². The Balaban J connectivity index is 2.19. The lowest BCUT2D eigenvalue weighted by atomic mass is 10.1. The molecule has 0 fully saturated rings. The molecule has 0 aromatic heterocycles. The van der Waals surface area contributed by atoms with Crippen molar-refractivity contribution in [1.29, 1.82) is 0 Å². The van der Waals surface area contributed by atoms with Crippen LogP contribution in [0.3, 0.4) is 0 Å². The number of carbonyl (C=O) groups is 1. The standard InChI is InChI=1S/C17H14ClNO7S/c1-9-3-10(5-15(20)25-2)4-14-16(9)26-17-11(8-27(14,23)24)6-12(19(21)22)7-13(17)18/h3-4,6-7H,5,8H2,1-2H3. The summed E-state index contributed by atoms with van der Waals surface area (Å²) in [5.41, 5.74) is 0.705. The van der Waals surface area contributed by atoms with Crippen molar-refractivity contribution in [3.63, 3.8) is 0 Å². The molecule has 0 aliphatic carbocycles. The van der Waals surface area contributed by atoms with E-state index >= 15 is 0 Å². The Kier molecular flexibility index (Phi) is 4.83. The number of hydrogen-bond donors (Lipinski definition) is 0. The number of nitrogens with zero attached hydrogens (tertiary/aromatic N) is 1. The zero-order valence-corrected chi connectivity index (χ0v) is 15.9. The van der Waals surface area contributed by atoms with Gasteiger partial charge in [-0.3, -0.25) is 14.9 Å². The molecule has 0 N–H and O–H groups in total. The van der Waals surface area contributed by atoms with Crippen LogP contribution in [0, 0.1) is 17.0 Å². The second-order valence-corrected chi connectivity index (χ2v) is 8.39. The number of sulfone groups is 1. The van der Waals surface area contributed by atoms with Crippen LogP contribution in [0.4, 0.5) is 5.69 Å². The van der Waals surface area contributed by atoms with Gasteiger partial charge in [-0.1, -0.05) is 17.7 Å². The van der Waals surface area contributed by atoms with Crippen LogP contribution in [0.5, 0.6) is 11.5 Å². The fourth-order valence-corrected chi connectivity index (χ4v) is 4.73. The van der Waals surface area contributed by atoms with Crippen molar-refractivity contribution in [1.82, 2.24) is 0 Å². The lowest BCUT2D eigenvalue weighted by Gasteiger charge is -2.13. The smallest absolute Gasteiger partial charge is 0.309 e. The van der Waals surface area contributed by atoms with Crippen molar-refractivity contribution in [3.8, 4) is 11.5 Å². The minimum atomic E-state index is -3.90. The normalized spacial score (nSPS) is 14.3. The van der Waals surface area contributed by atoms with Gasteiger partial charge in [-0.05, 0) is 24.1 Å². The number of benzene rings is 2. The number of ether oxygens (including phenoxy) is 2. The quantitative estimate of drug-likeness (QED) is 0.432. The number of hydrogen-bond acceptors (Lipinski definition) is 7. The van der Waals surface area contributed by atoms with Crippen LogP contribution in [0.15, 0.2) is 29.2 Å². The molecule has 0 saturated carbocycles. The van der Waals surface area contributed by atoms with E-state index in [0.717, 1.165) is 12.1 Å². The SMILES string of the molecule is COC(=O)Cc1cc(C)c2c(c1)S(=O)(=O)Cc1cc([N+](=O)[O-])cc(Cl)c1O2. The van der Waals surface area contributed by atoms with Crippen LogP contribution in [-0.2, 0) is 31.5 Å². The monoisotopic (exact) mass is 411 g/mol. The lowest BCUT2D eigenvalue weighted by molar-refractivity contribution is -0.384. The van der Waals surface area contributed by atoms with Crippen molar-refractivity contribution < 1.29 is 27.6 Å². The number of fused-ring (bicyclic) bond motifs is 2. The lowest BCUT2D eigenvalue weighted by Crippen LogP contribution is -2.08. The Morgan fingerprint density at radius 3 is 2.63 bits per heavy atom. The third-order valence-corrected chi connectivity index (χ3v) is 6.02. The summed E-state index contributed by atoms with van der Waals surface area (Å²) in [6, 6.07) is 5.21. The second kappa shape index (κ2) is 6.82. The van der Waals surface area contributed by atoms with Crippen LogP contribution in [0.1, 0.15) is 16.7 Å². The minimum Gasteiger partial charge on any atom is -0.469 e. The number of aryl methyl sites for hydroxylation is 1. The predicted octanol–water partition coefficient (Wildman–Crippen LogP) is 3.35. The molecule has 0 spiro atoms. The van der Waals surface area contributed by atoms with Gasteiger partial charge < -0.3 is 9.47 Å². The van der Waals surface area contributed by atoms with Gasteiger partial charge in [0.2, 0.25) is 0 Å². The number of nitro benzene ring substituents is 1. The van der Waals surface area contributed by atoms with Gasteiger partial charge in [0, 0.05) is 17.7 Å². The third-order valence-electron chi connectivity index (χ3n) is 4.08. The van der Waals surface area contributed by atoms with E-state index in [0.29, 0.717) is 11.1 Å². The number of esters is 1. The molecule has 2 aromatic carbocycles. The van der Waals surface area contributed by atoms with Gasteiger partial charge in [0.15, 0.2) is 15.6 Å². The summed E-state index contributed by atoms with van der Waals surface area (Å²) >= 11 is 6.11. The van der Waals surface area contributed by atoms with E-state index in [9.17, 15) is 23.3 Å². The van der Waals surface area contributed by atoms with E-state index in [2.05, 4.69) is 4.74 Å². The van der Waals surface area contributed by atoms with Crippen LogP contribution in [-0.4, -0.2) is 26.4 Å². The number of methoxy groups -OCH3 is 1. The molecule has 27 heavy (non-hydrogen) atoms. The van der Waals surface area contributed by atoms with E-state index in [1.54, 1.807) is 13.0 Å². The summed E-state index contributed by atoms with van der Waals surface area (Å²) in [4.78, 5) is 21.8. The molecule has 0 saturated heterocycles. The first kappa shape index (κ1) is 19.1. The van der Waals surface area contributed by atoms with E-state index in [4.69, 9.17) is 16.3 Å². The van der Waals surface area contributed by atoms with Gasteiger partial charge in [0.1, 0.15) is 10.6 Å². The molecule has 10 heteroatoms. The molecule has 1 aliphatic rings. The van der Waals surface area contributed by atoms with E-state index in [1.807, 2.05) is 0 Å². The van der Waals surface area contributed by atoms with Crippen LogP contribution in [0.2, 0.25) is 5.02 Å². The first-order valence-corrected chi connectivity index (χ1v) is 9.73. The van der Waals surface area contributed by atoms with Crippen molar-refractivity contribution in [2.24, 2.45) is 0 Å². The molecule has 3 rings (SSSR count). The highest BCUT2D eigenvalue weighted by molar-refractivity contribution is 7.90. The highest BCUT2D eigenvalue weighted by atomic mass is 35.5. The Bertz CT molecular complexity index is 1080. The molecule has 1 heterocycles. The van der Waals surface area contributed by atoms with E-state index < -0.39 is 26.5 Å². The first-order chi connectivity index (χ1) is 12.6. The number of carbonyl (C=O) groups excluding carboxylic acids is 1. The van der Waals surface area contributed by atoms with Gasteiger partial charge >= 0.3 is 5.97 Å². The van der Waals surface area contributed by atoms with Crippen molar-refractivity contribution >= 4 is 33.1 Å². The molecule has 0 atom stereocenters. The Morgan fingerprint density at radius 1 is 1.30 bits per heavy atom. The molecular formula is C17H14ClNO7S. The van der Waals surface area contributed by atoms with E-state index in [1.165, 1.54) is 13.2 Å². The molecule has 1 aliphatic heterocycles. The second-order valence-electron chi connectivity index (χ2n) is 6.03. The third kappa shape index (κ3) is 3.60. The predicted molar refractivity (Wildman–Crippen MR) is 96.0 cm³/mol. The van der Waals surface area contributed by atoms with E-state index in [-0.39, 0.29) is 39.1 Å². The first-order valence-electron chi connectivity index (χ1n) is 7.70. The minimum absolute atomic E-state index is 0.0553. The van der Waals surface area contributed by atoms with Crippen molar-refractivity contribution in [2.75, 3.05) is 7.11 Å². The number of halogens is 1. The Labute approximate surface area is 159 Å². The fraction of sp³-hybridized carbons (Fsp3) is 0.235. The summed E-state index contributed by atoms with van der Waals surface area (Å²) in [7, 11) is -2.66. The van der Waals surface area contributed by atoms with Gasteiger partial charge in [0.05, 0.1) is 29.2 Å². The summed E-state index contributed by atoms with van der Waals surface area (Å²) in [6.07, 6.45) is -0.0979. The average molecular weight is 412 g/mol. The molecular weight excluding hydrogens is 398 g/mol. The van der Waals surface area contributed by atoms with Gasteiger partial charge in [-0.25, -0.2) is 8.42 Å². The maximum atomic E-state index is 12.9. The zero-order valence-electron chi connectivity index (χ0n) is 14.3. The summed E-state index contributed by atoms with van der Waals surface area (Å²) in [5.74, 6) is -0.882. The highest BCUT2D eigenvalue weighted by Gasteiger charge is 2.31. The summed E-state index contributed by atoms with van der Waals surface area (Å²) in [6.45, 7) is 1.64. The zero-order chi connectivity index (χ0) is 19.9. The molecule has 0 radical (unpaired) electrons. The topological polar surface area (TPSA) is 113 Å². The highest BCUT2D eigenvalue weighted by Crippen LogP contribution is 2.44. The summed E-state index contributed by atoms with van der Waals surface area (Å²) in [5, 5.41) is 11.0. The van der Waals surface area contributed by atoms with Gasteiger partial charge in [-0.15, -0.1) is 0 Å². The van der Waals surface area contributed by atoms with Gasteiger partial charge in [0.25, 0.3) is 5.69 Å². The van der Waals surface area contributed by atoms with Crippen LogP contribution in [0.25, 0.3) is 0 Å². The largest absolute Gasteiger partial charge is 0.469 e. The molecule has 0 unspecified atom stereocenters. The number of rotatable bonds is 3. The van der Waals surface area contributed by atoms with Gasteiger partial charge in [-0.2, -0.15) is 0 Å². The molecule has 2 aromatic rings. The Hall–Kier alpha value is -2.65. The van der Waals surface area contributed by atoms with Crippen molar-refractivity contribution in [2.45, 2.75) is 24.0 Å². The average Bonchev–Trinajstić information content (AvgIpc) is 2.69. The molecule has 0 bridgehead atoms. The molecule has 8 nitrogen and oxygen atoms in total. The molecule has 0 amide bonds. The maximum absolute atomic E-state index is 12.9. The van der Waals surface area contributed by atoms with Crippen molar-refractivity contribution in [3.05, 3.63) is 56.1 Å². The fourth-order valence-electron chi connectivity index (χ4n) is 2.86. The van der Waals surface area contributed by atoms with Crippen LogP contribution < -0.4 is 4.74 Å². The maximum Gasteiger partial charge on any atom is 0.309 e. The summed E-state index contributed by atoms with van der Waals surface area (Å²) < 4.78 is 36.2. The Morgan fingerprint density at radius 2 is 2.00 bits per heavy atom. The number of nitro groups is 1. The number of non-ortho nitro benzene ring substituents is 1.